The molecule has 0 aromatic carbocycles. The van der Waals surface area contributed by atoms with Crippen LogP contribution in [0, 0.1) is 0 Å². The van der Waals surface area contributed by atoms with Crippen molar-refractivity contribution in [1.82, 2.24) is 0 Å². The summed E-state index contributed by atoms with van der Waals surface area (Å²) in [7, 11) is 0. The Hall–Kier alpha value is -3.18. The van der Waals surface area contributed by atoms with Crippen LogP contribution in [0.5, 0.6) is 0 Å². The van der Waals surface area contributed by atoms with Gasteiger partial charge >= 0.3 is 11.9 Å². The molecule has 0 aliphatic carbocycles. The molecular weight excluding hydrogens is 765 g/mol. The predicted molar refractivity (Wildman–Crippen MR) is 270 cm³/mol. The second-order valence-corrected chi connectivity index (χ2v) is 16.7. The van der Waals surface area contributed by atoms with Gasteiger partial charge in [0.25, 0.3) is 0 Å². The summed E-state index contributed by atoms with van der Waals surface area (Å²) in [5.74, 6) is -0.455. The van der Waals surface area contributed by atoms with Crippen molar-refractivity contribution < 1.29 is 23.8 Å². The molecule has 0 radical (unpaired) electrons. The SMILES string of the molecule is CC/C=C\C/C=C\C/C=C\C/C=C\C/C=C\CCCCCC(=O)OCC(COCCCCCCCC/C=C\C/C=C\CCCCC)OC(=O)CCCCCCC/C=C\CCCC. The Morgan fingerprint density at radius 2 is 0.742 bits per heavy atom. The first-order valence-electron chi connectivity index (χ1n) is 25.8. The van der Waals surface area contributed by atoms with Gasteiger partial charge in [0.05, 0.1) is 6.61 Å². The summed E-state index contributed by atoms with van der Waals surface area (Å²) in [4.78, 5) is 25.4. The molecule has 0 amide bonds. The summed E-state index contributed by atoms with van der Waals surface area (Å²) in [6, 6.07) is 0. The molecule has 1 unspecified atom stereocenters. The highest BCUT2D eigenvalue weighted by Crippen LogP contribution is 2.12. The van der Waals surface area contributed by atoms with Crippen LogP contribution in [0.1, 0.15) is 226 Å². The Labute approximate surface area is 383 Å². The van der Waals surface area contributed by atoms with E-state index in [0.717, 1.165) is 103 Å². The van der Waals surface area contributed by atoms with Gasteiger partial charge in [-0.05, 0) is 116 Å². The molecule has 0 heterocycles. The van der Waals surface area contributed by atoms with Crippen molar-refractivity contribution in [2.24, 2.45) is 0 Å². The van der Waals surface area contributed by atoms with Gasteiger partial charge in [0, 0.05) is 19.4 Å². The Balaban J connectivity index is 4.34. The molecule has 0 N–H and O–H groups in total. The van der Waals surface area contributed by atoms with Crippen LogP contribution >= 0.6 is 0 Å². The molecule has 0 fully saturated rings. The zero-order valence-electron chi connectivity index (χ0n) is 40.6. The van der Waals surface area contributed by atoms with Crippen LogP contribution in [0.25, 0.3) is 0 Å². The summed E-state index contributed by atoms with van der Waals surface area (Å²) >= 11 is 0. The first-order chi connectivity index (χ1) is 30.6. The fraction of sp³-hybridized carbons (Fsp3) is 0.684. The molecule has 0 aliphatic heterocycles. The Morgan fingerprint density at radius 3 is 1.24 bits per heavy atom. The van der Waals surface area contributed by atoms with Crippen molar-refractivity contribution in [3.63, 3.8) is 0 Å². The maximum Gasteiger partial charge on any atom is 0.306 e. The molecule has 0 rings (SSSR count). The minimum Gasteiger partial charge on any atom is -0.462 e. The fourth-order valence-corrected chi connectivity index (χ4v) is 6.72. The van der Waals surface area contributed by atoms with Crippen molar-refractivity contribution in [3.05, 3.63) is 97.2 Å². The van der Waals surface area contributed by atoms with E-state index >= 15 is 0 Å². The number of allylic oxidation sites excluding steroid dienone is 16. The van der Waals surface area contributed by atoms with E-state index in [1.807, 2.05) is 0 Å². The van der Waals surface area contributed by atoms with Gasteiger partial charge in [0.15, 0.2) is 6.10 Å². The van der Waals surface area contributed by atoms with Crippen LogP contribution in [0.15, 0.2) is 97.2 Å². The highest BCUT2D eigenvalue weighted by molar-refractivity contribution is 5.70. The van der Waals surface area contributed by atoms with E-state index in [-0.39, 0.29) is 25.2 Å². The van der Waals surface area contributed by atoms with Gasteiger partial charge in [-0.3, -0.25) is 9.59 Å². The van der Waals surface area contributed by atoms with Crippen molar-refractivity contribution in [2.45, 2.75) is 232 Å². The van der Waals surface area contributed by atoms with Crippen molar-refractivity contribution in [2.75, 3.05) is 19.8 Å². The summed E-state index contributed by atoms with van der Waals surface area (Å²) < 4.78 is 17.3. The number of carbonyl (C=O) groups is 2. The Kier molecular flexibility index (Phi) is 49.5. The third kappa shape index (κ3) is 49.5. The minimum atomic E-state index is -0.564. The molecule has 0 bridgehead atoms. The third-order valence-corrected chi connectivity index (χ3v) is 10.6. The molecule has 354 valence electrons. The quantitative estimate of drug-likeness (QED) is 0.0347. The van der Waals surface area contributed by atoms with E-state index in [2.05, 4.69) is 118 Å². The lowest BCUT2D eigenvalue weighted by Crippen LogP contribution is -2.30. The second kappa shape index (κ2) is 52.2. The van der Waals surface area contributed by atoms with Crippen molar-refractivity contribution >= 4 is 11.9 Å². The van der Waals surface area contributed by atoms with Crippen molar-refractivity contribution in [3.8, 4) is 0 Å². The average molecular weight is 861 g/mol. The minimum absolute atomic E-state index is 0.0556. The number of carbonyl (C=O) groups excluding carboxylic acids is 2. The number of hydrogen-bond acceptors (Lipinski definition) is 5. The molecule has 5 nitrogen and oxygen atoms in total. The largest absolute Gasteiger partial charge is 0.462 e. The van der Waals surface area contributed by atoms with Gasteiger partial charge in [-0.15, -0.1) is 0 Å². The maximum absolute atomic E-state index is 12.8. The van der Waals surface area contributed by atoms with Crippen LogP contribution in [0.3, 0.4) is 0 Å². The van der Waals surface area contributed by atoms with Gasteiger partial charge < -0.3 is 14.2 Å². The van der Waals surface area contributed by atoms with E-state index in [1.165, 1.54) is 89.9 Å². The lowest BCUT2D eigenvalue weighted by Gasteiger charge is -2.18. The lowest BCUT2D eigenvalue weighted by atomic mass is 10.1. The van der Waals surface area contributed by atoms with E-state index in [0.29, 0.717) is 19.4 Å². The molecule has 5 heteroatoms. The summed E-state index contributed by atoms with van der Waals surface area (Å²) in [6.07, 6.45) is 69.8. The molecule has 62 heavy (non-hydrogen) atoms. The van der Waals surface area contributed by atoms with Crippen molar-refractivity contribution in [1.29, 1.82) is 0 Å². The van der Waals surface area contributed by atoms with Gasteiger partial charge in [-0.2, -0.15) is 0 Å². The van der Waals surface area contributed by atoms with Crippen LogP contribution in [-0.4, -0.2) is 37.9 Å². The Bertz CT molecular complexity index is 1200. The number of esters is 2. The second-order valence-electron chi connectivity index (χ2n) is 16.7. The summed E-state index contributed by atoms with van der Waals surface area (Å²) in [5, 5.41) is 0. The molecule has 0 saturated heterocycles. The first kappa shape index (κ1) is 58.8. The van der Waals surface area contributed by atoms with E-state index < -0.39 is 6.10 Å². The molecule has 0 aromatic rings. The third-order valence-electron chi connectivity index (χ3n) is 10.6. The monoisotopic (exact) mass is 861 g/mol. The van der Waals surface area contributed by atoms with Gasteiger partial charge in [-0.25, -0.2) is 0 Å². The van der Waals surface area contributed by atoms with Crippen LogP contribution in [0.2, 0.25) is 0 Å². The molecular formula is C57H96O5. The van der Waals surface area contributed by atoms with E-state index in [9.17, 15) is 9.59 Å². The molecule has 0 aliphatic rings. The topological polar surface area (TPSA) is 61.8 Å². The number of unbranched alkanes of at least 4 members (excludes halogenated alkanes) is 19. The van der Waals surface area contributed by atoms with E-state index in [4.69, 9.17) is 14.2 Å². The average Bonchev–Trinajstić information content (AvgIpc) is 3.27. The zero-order chi connectivity index (χ0) is 44.9. The standard InChI is InChI=1S/C57H96O5/c1-4-7-10-13-16-19-22-24-26-28-29-30-31-33-36-38-41-44-47-50-56(58)61-54-55(62-57(59)51-48-45-42-39-35-21-18-15-12-9-6-3)53-60-52-49-46-43-40-37-34-32-27-25-23-20-17-14-11-8-5-2/h7,10,15-20,24-27,29-30,33,36,55H,4-6,8-9,11-14,21-23,28,31-32,34-35,37-54H2,1-3H3/b10-7-,18-15-,19-16-,20-17-,26-24-,27-25-,30-29-,36-33-. The summed E-state index contributed by atoms with van der Waals surface area (Å²) in [5.41, 5.74) is 0. The predicted octanol–water partition coefficient (Wildman–Crippen LogP) is 17.5. The molecule has 0 aromatic heterocycles. The highest BCUT2D eigenvalue weighted by atomic mass is 16.6. The van der Waals surface area contributed by atoms with Gasteiger partial charge in [0.1, 0.15) is 6.61 Å². The molecule has 0 saturated carbocycles. The smallest absolute Gasteiger partial charge is 0.306 e. The fourth-order valence-electron chi connectivity index (χ4n) is 6.72. The Morgan fingerprint density at radius 1 is 0.371 bits per heavy atom. The van der Waals surface area contributed by atoms with E-state index in [1.54, 1.807) is 0 Å². The first-order valence-corrected chi connectivity index (χ1v) is 25.8. The van der Waals surface area contributed by atoms with Crippen LogP contribution in [0.4, 0.5) is 0 Å². The molecule has 1 atom stereocenters. The number of hydrogen-bond donors (Lipinski definition) is 0. The lowest BCUT2D eigenvalue weighted by molar-refractivity contribution is -0.163. The van der Waals surface area contributed by atoms with Gasteiger partial charge in [-0.1, -0.05) is 195 Å². The normalized spacial score (nSPS) is 13.0. The maximum atomic E-state index is 12.8. The summed E-state index contributed by atoms with van der Waals surface area (Å²) in [6.45, 7) is 7.58. The molecule has 0 spiro atoms. The highest BCUT2D eigenvalue weighted by Gasteiger charge is 2.17. The van der Waals surface area contributed by atoms with Crippen LogP contribution < -0.4 is 0 Å². The number of ether oxygens (including phenoxy) is 3. The van der Waals surface area contributed by atoms with Crippen LogP contribution in [-0.2, 0) is 23.8 Å². The number of rotatable bonds is 46. The zero-order valence-corrected chi connectivity index (χ0v) is 40.6. The van der Waals surface area contributed by atoms with Gasteiger partial charge in [0.2, 0.25) is 0 Å².